The number of benzene rings is 1. The van der Waals surface area contributed by atoms with Crippen molar-refractivity contribution in [3.8, 4) is 0 Å². The maximum atomic E-state index is 13.5. The number of nitrogens with zero attached hydrogens (tertiary/aromatic N) is 2. The third-order valence-electron chi connectivity index (χ3n) is 3.72. The highest BCUT2D eigenvalue weighted by molar-refractivity contribution is 9.10. The van der Waals surface area contributed by atoms with Crippen LogP contribution >= 0.6 is 27.5 Å². The molecule has 24 heavy (non-hydrogen) atoms. The number of aromatic nitrogens is 1. The minimum atomic E-state index is -0.415. The predicted molar refractivity (Wildman–Crippen MR) is 96.9 cm³/mol. The van der Waals surface area contributed by atoms with Crippen LogP contribution < -0.4 is 10.2 Å². The van der Waals surface area contributed by atoms with Crippen molar-refractivity contribution < 1.29 is 9.18 Å². The Balaban J connectivity index is 1.67. The summed E-state index contributed by atoms with van der Waals surface area (Å²) >= 11 is 9.23. The summed E-state index contributed by atoms with van der Waals surface area (Å²) in [5, 5.41) is 3.30. The topological polar surface area (TPSA) is 45.2 Å². The van der Waals surface area contributed by atoms with E-state index in [1.165, 1.54) is 6.07 Å². The number of nitrogens with one attached hydrogen (secondary N) is 1. The van der Waals surface area contributed by atoms with Gasteiger partial charge in [-0.3, -0.25) is 4.79 Å². The highest BCUT2D eigenvalue weighted by atomic mass is 79.9. The normalized spacial score (nSPS) is 14.3. The molecule has 124 valence electrons. The van der Waals surface area contributed by atoms with Gasteiger partial charge in [-0.05, 0) is 52.7 Å². The molecule has 0 spiro atoms. The quantitative estimate of drug-likeness (QED) is 0.815. The van der Waals surface area contributed by atoms with E-state index in [0.717, 1.165) is 0 Å². The Bertz CT molecular complexity index is 812. The van der Waals surface area contributed by atoms with Crippen LogP contribution in [0, 0.1) is 5.82 Å². The van der Waals surface area contributed by atoms with E-state index in [0.29, 0.717) is 46.1 Å². The van der Waals surface area contributed by atoms with Gasteiger partial charge in [0.2, 0.25) is 0 Å². The van der Waals surface area contributed by atoms with Crippen molar-refractivity contribution >= 4 is 44.9 Å². The van der Waals surface area contributed by atoms with Crippen LogP contribution in [0.25, 0.3) is 0 Å². The van der Waals surface area contributed by atoms with Gasteiger partial charge in [-0.25, -0.2) is 9.37 Å². The van der Waals surface area contributed by atoms with Gasteiger partial charge in [0.25, 0.3) is 5.91 Å². The average molecular weight is 411 g/mol. The van der Waals surface area contributed by atoms with E-state index < -0.39 is 5.82 Å². The molecule has 3 rings (SSSR count). The number of halogens is 3. The van der Waals surface area contributed by atoms with Crippen molar-refractivity contribution in [2.75, 3.05) is 23.3 Å². The molecule has 0 fully saturated rings. The zero-order chi connectivity index (χ0) is 17.1. The Morgan fingerprint density at radius 3 is 2.88 bits per heavy atom. The first-order valence-corrected chi connectivity index (χ1v) is 8.52. The Morgan fingerprint density at radius 2 is 2.21 bits per heavy atom. The molecule has 2 aromatic rings. The highest BCUT2D eigenvalue weighted by Gasteiger charge is 2.19. The lowest BCUT2D eigenvalue weighted by atomic mass is 10.1. The number of anilines is 2. The lowest BCUT2D eigenvalue weighted by Gasteiger charge is -2.27. The van der Waals surface area contributed by atoms with Crippen LogP contribution in [0.3, 0.4) is 0 Å². The molecular formula is C17H14BrClFN3O. The van der Waals surface area contributed by atoms with Crippen LogP contribution in [-0.2, 0) is 4.79 Å². The second-order valence-electron chi connectivity index (χ2n) is 5.32. The molecule has 4 nitrogen and oxygen atoms in total. The van der Waals surface area contributed by atoms with Crippen LogP contribution in [0.15, 0.2) is 52.7 Å². The van der Waals surface area contributed by atoms with Crippen LogP contribution in [0.2, 0.25) is 5.02 Å². The lowest BCUT2D eigenvalue weighted by Crippen LogP contribution is -2.32. The predicted octanol–water partition coefficient (Wildman–Crippen LogP) is 4.41. The number of rotatable bonds is 3. The molecule has 1 N–H and O–H groups in total. The Kier molecular flexibility index (Phi) is 5.16. The molecule has 7 heteroatoms. The molecule has 0 radical (unpaired) electrons. The Morgan fingerprint density at radius 1 is 1.38 bits per heavy atom. The zero-order valence-electron chi connectivity index (χ0n) is 12.6. The summed E-state index contributed by atoms with van der Waals surface area (Å²) in [4.78, 5) is 18.6. The zero-order valence-corrected chi connectivity index (χ0v) is 14.9. The molecule has 1 aliphatic heterocycles. The fraction of sp³-hybridized carbons (Fsp3) is 0.176. The first-order chi connectivity index (χ1) is 11.5. The molecule has 1 aliphatic rings. The molecule has 0 bridgehead atoms. The first kappa shape index (κ1) is 16.9. The minimum absolute atomic E-state index is 0.219. The number of pyridine rings is 1. The smallest absolute Gasteiger partial charge is 0.251 e. The summed E-state index contributed by atoms with van der Waals surface area (Å²) in [7, 11) is 0. The summed E-state index contributed by atoms with van der Waals surface area (Å²) in [6, 6.07) is 8.06. The lowest BCUT2D eigenvalue weighted by molar-refractivity contribution is -0.113. The molecular weight excluding hydrogens is 397 g/mol. The summed E-state index contributed by atoms with van der Waals surface area (Å²) in [6.45, 7) is 1.19. The van der Waals surface area contributed by atoms with E-state index >= 15 is 0 Å². The second kappa shape index (κ2) is 7.32. The maximum absolute atomic E-state index is 13.5. The van der Waals surface area contributed by atoms with Gasteiger partial charge in [-0.1, -0.05) is 17.7 Å². The van der Waals surface area contributed by atoms with Gasteiger partial charge >= 0.3 is 0 Å². The summed E-state index contributed by atoms with van der Waals surface area (Å²) < 4.78 is 13.9. The standard InChI is InChI=1S/C17H14BrClFN3O/c18-13-4-3-12(10-15(13)20)22-17(24)11-5-8-23(9-6-11)16-14(19)2-1-7-21-16/h1-5,7,10H,6,8-9H2,(H,22,24). The Hall–Kier alpha value is -1.92. The SMILES string of the molecule is O=C(Nc1ccc(Br)c(F)c1)C1=CCN(c2ncccc2Cl)CC1. The number of hydrogen-bond acceptors (Lipinski definition) is 3. The fourth-order valence-corrected chi connectivity index (χ4v) is 2.95. The molecule has 0 aliphatic carbocycles. The molecule has 0 saturated heterocycles. The van der Waals surface area contributed by atoms with Crippen LogP contribution in [0.1, 0.15) is 6.42 Å². The number of amides is 1. The molecule has 0 saturated carbocycles. The van der Waals surface area contributed by atoms with Gasteiger partial charge < -0.3 is 10.2 Å². The van der Waals surface area contributed by atoms with E-state index in [1.54, 1.807) is 30.5 Å². The molecule has 1 aromatic heterocycles. The maximum Gasteiger partial charge on any atom is 0.251 e. The molecule has 2 heterocycles. The van der Waals surface area contributed by atoms with E-state index in [9.17, 15) is 9.18 Å². The summed E-state index contributed by atoms with van der Waals surface area (Å²) in [6.07, 6.45) is 4.10. The second-order valence-corrected chi connectivity index (χ2v) is 6.58. The van der Waals surface area contributed by atoms with Gasteiger partial charge in [0.15, 0.2) is 0 Å². The molecule has 1 amide bonds. The summed E-state index contributed by atoms with van der Waals surface area (Å²) in [5.41, 5.74) is 1.10. The van der Waals surface area contributed by atoms with Gasteiger partial charge in [-0.15, -0.1) is 0 Å². The Labute approximate surface area is 152 Å². The van der Waals surface area contributed by atoms with E-state index in [1.807, 2.05) is 11.0 Å². The number of carbonyl (C=O) groups is 1. The molecule has 0 unspecified atom stereocenters. The van der Waals surface area contributed by atoms with Crippen LogP contribution in [0.4, 0.5) is 15.9 Å². The van der Waals surface area contributed by atoms with Crippen molar-refractivity contribution in [2.24, 2.45) is 0 Å². The van der Waals surface area contributed by atoms with Crippen molar-refractivity contribution in [2.45, 2.75) is 6.42 Å². The highest BCUT2D eigenvalue weighted by Crippen LogP contribution is 2.26. The monoisotopic (exact) mass is 409 g/mol. The van der Waals surface area contributed by atoms with Gasteiger partial charge in [0.1, 0.15) is 11.6 Å². The van der Waals surface area contributed by atoms with E-state index in [4.69, 9.17) is 11.6 Å². The minimum Gasteiger partial charge on any atom is -0.351 e. The number of hydrogen-bond donors (Lipinski definition) is 1. The van der Waals surface area contributed by atoms with Gasteiger partial charge in [-0.2, -0.15) is 0 Å². The van der Waals surface area contributed by atoms with Crippen molar-refractivity contribution in [1.29, 1.82) is 0 Å². The summed E-state index contributed by atoms with van der Waals surface area (Å²) in [5.74, 6) is 0.0785. The van der Waals surface area contributed by atoms with Crippen LogP contribution in [0.5, 0.6) is 0 Å². The van der Waals surface area contributed by atoms with Gasteiger partial charge in [0, 0.05) is 30.5 Å². The van der Waals surface area contributed by atoms with Crippen LogP contribution in [-0.4, -0.2) is 24.0 Å². The van der Waals surface area contributed by atoms with Gasteiger partial charge in [0.05, 0.1) is 9.50 Å². The van der Waals surface area contributed by atoms with Crippen molar-refractivity contribution in [1.82, 2.24) is 4.98 Å². The third-order valence-corrected chi connectivity index (χ3v) is 4.65. The van der Waals surface area contributed by atoms with Crippen molar-refractivity contribution in [3.63, 3.8) is 0 Å². The van der Waals surface area contributed by atoms with E-state index in [2.05, 4.69) is 26.2 Å². The largest absolute Gasteiger partial charge is 0.351 e. The average Bonchev–Trinajstić information content (AvgIpc) is 2.59. The third kappa shape index (κ3) is 3.76. The fourth-order valence-electron chi connectivity index (χ4n) is 2.46. The molecule has 1 aromatic carbocycles. The first-order valence-electron chi connectivity index (χ1n) is 7.35. The molecule has 0 atom stereocenters. The number of carbonyl (C=O) groups excluding carboxylic acids is 1. The van der Waals surface area contributed by atoms with E-state index in [-0.39, 0.29) is 5.91 Å². The van der Waals surface area contributed by atoms with Crippen molar-refractivity contribution in [3.05, 3.63) is 63.5 Å².